The van der Waals surface area contributed by atoms with Crippen LogP contribution in [0.5, 0.6) is 0 Å². The Morgan fingerprint density at radius 2 is 1.72 bits per heavy atom. The number of carbonyl (C=O) groups is 1. The molecule has 1 amide bonds. The van der Waals surface area contributed by atoms with Gasteiger partial charge in [-0.05, 0) is 49.1 Å². The Bertz CT molecular complexity index is 817. The summed E-state index contributed by atoms with van der Waals surface area (Å²) in [4.78, 5) is 19.8. The van der Waals surface area contributed by atoms with Crippen LogP contribution >= 0.6 is 0 Å². The average Bonchev–Trinajstić information content (AvgIpc) is 3.08. The molecule has 2 N–H and O–H groups in total. The monoisotopic (exact) mass is 360 g/mol. The normalized spacial score (nSPS) is 15.0. The Kier molecular flexibility index (Phi) is 5.28. The first kappa shape index (κ1) is 17.3. The highest BCUT2D eigenvalue weighted by Crippen LogP contribution is 2.27. The summed E-state index contributed by atoms with van der Waals surface area (Å²) in [6.45, 7) is 0. The van der Waals surface area contributed by atoms with Crippen molar-refractivity contribution in [1.29, 1.82) is 0 Å². The van der Waals surface area contributed by atoms with Crippen LogP contribution in [0, 0.1) is 5.92 Å². The molecule has 0 atom stereocenters. The van der Waals surface area contributed by atoms with Gasteiger partial charge in [-0.1, -0.05) is 12.8 Å². The summed E-state index contributed by atoms with van der Waals surface area (Å²) in [5.74, 6) is 0.449. The van der Waals surface area contributed by atoms with Gasteiger partial charge >= 0.3 is 0 Å². The molecule has 3 rings (SSSR count). The van der Waals surface area contributed by atoms with Gasteiger partial charge in [0.15, 0.2) is 0 Å². The van der Waals surface area contributed by atoms with Crippen LogP contribution in [0.2, 0.25) is 0 Å². The zero-order chi connectivity index (χ0) is 17.7. The third kappa shape index (κ3) is 4.76. The van der Waals surface area contributed by atoms with Gasteiger partial charge in [0, 0.05) is 24.5 Å². The van der Waals surface area contributed by atoms with Gasteiger partial charge in [0.25, 0.3) is 10.0 Å². The van der Waals surface area contributed by atoms with Gasteiger partial charge in [0.1, 0.15) is 0 Å². The van der Waals surface area contributed by atoms with Crippen molar-refractivity contribution in [1.82, 2.24) is 9.97 Å². The largest absolute Gasteiger partial charge is 0.326 e. The molecule has 0 radical (unpaired) electrons. The Morgan fingerprint density at radius 1 is 1.08 bits per heavy atom. The second-order valence-electron chi connectivity index (χ2n) is 6.11. The minimum Gasteiger partial charge on any atom is -0.326 e. The smallest absolute Gasteiger partial charge is 0.264 e. The first-order valence-corrected chi connectivity index (χ1v) is 9.71. The summed E-state index contributed by atoms with van der Waals surface area (Å²) in [7, 11) is -3.76. The maximum Gasteiger partial charge on any atom is 0.264 e. The predicted molar refractivity (Wildman–Crippen MR) is 94.5 cm³/mol. The molecule has 1 saturated carbocycles. The maximum absolute atomic E-state index is 12.3. The van der Waals surface area contributed by atoms with Crippen LogP contribution in [0.25, 0.3) is 0 Å². The van der Waals surface area contributed by atoms with Crippen LogP contribution in [-0.2, 0) is 14.8 Å². The molecular formula is C17H20N4O3S. The van der Waals surface area contributed by atoms with E-state index >= 15 is 0 Å². The van der Waals surface area contributed by atoms with Crippen molar-refractivity contribution in [3.05, 3.63) is 42.7 Å². The Morgan fingerprint density at radius 3 is 2.36 bits per heavy atom. The predicted octanol–water partition coefficient (Wildman–Crippen LogP) is 2.80. The summed E-state index contributed by atoms with van der Waals surface area (Å²) in [6, 6.07) is 7.63. The third-order valence-electron chi connectivity index (χ3n) is 4.19. The van der Waals surface area contributed by atoms with Crippen molar-refractivity contribution in [3.8, 4) is 0 Å². The van der Waals surface area contributed by atoms with Crippen molar-refractivity contribution in [2.45, 2.75) is 37.0 Å². The number of hydrogen-bond donors (Lipinski definition) is 2. The number of carbonyl (C=O) groups excluding carboxylic acids is 1. The summed E-state index contributed by atoms with van der Waals surface area (Å²) in [5.41, 5.74) is 0.581. The van der Waals surface area contributed by atoms with Crippen LogP contribution < -0.4 is 10.0 Å². The third-order valence-corrected chi connectivity index (χ3v) is 5.53. The molecule has 25 heavy (non-hydrogen) atoms. The van der Waals surface area contributed by atoms with Gasteiger partial charge in [-0.3, -0.25) is 4.79 Å². The minimum atomic E-state index is -3.76. The van der Waals surface area contributed by atoms with Crippen LogP contribution in [0.4, 0.5) is 11.6 Å². The molecule has 1 heterocycles. The van der Waals surface area contributed by atoms with Crippen LogP contribution in [0.1, 0.15) is 32.1 Å². The highest BCUT2D eigenvalue weighted by Gasteiger charge is 2.19. The van der Waals surface area contributed by atoms with Crippen LogP contribution in [-0.4, -0.2) is 24.3 Å². The topological polar surface area (TPSA) is 101 Å². The summed E-state index contributed by atoms with van der Waals surface area (Å²) in [6.07, 6.45) is 8.04. The molecule has 0 saturated heterocycles. The molecule has 1 aliphatic carbocycles. The number of nitrogens with one attached hydrogen (secondary N) is 2. The Hall–Kier alpha value is -2.48. The number of aromatic nitrogens is 2. The van der Waals surface area contributed by atoms with E-state index in [-0.39, 0.29) is 16.8 Å². The van der Waals surface area contributed by atoms with Gasteiger partial charge < -0.3 is 5.32 Å². The molecule has 8 heteroatoms. The molecule has 0 bridgehead atoms. The zero-order valence-electron chi connectivity index (χ0n) is 13.7. The molecule has 0 aliphatic heterocycles. The second-order valence-corrected chi connectivity index (χ2v) is 7.79. The molecule has 132 valence electrons. The van der Waals surface area contributed by atoms with Crippen molar-refractivity contribution >= 4 is 27.6 Å². The zero-order valence-corrected chi connectivity index (χ0v) is 14.5. The summed E-state index contributed by atoms with van der Waals surface area (Å²) < 4.78 is 26.9. The maximum atomic E-state index is 12.3. The lowest BCUT2D eigenvalue weighted by molar-refractivity contribution is -0.117. The van der Waals surface area contributed by atoms with E-state index in [1.165, 1.54) is 37.4 Å². The Labute approximate surface area is 146 Å². The molecule has 1 aromatic heterocycles. The minimum absolute atomic E-state index is 0.0106. The van der Waals surface area contributed by atoms with E-state index in [9.17, 15) is 13.2 Å². The lowest BCUT2D eigenvalue weighted by atomic mass is 10.0. The van der Waals surface area contributed by atoms with E-state index in [1.807, 2.05) is 0 Å². The van der Waals surface area contributed by atoms with Gasteiger partial charge in [-0.25, -0.2) is 23.1 Å². The van der Waals surface area contributed by atoms with Crippen molar-refractivity contribution in [2.75, 3.05) is 10.0 Å². The molecule has 1 aromatic carbocycles. The lowest BCUT2D eigenvalue weighted by Gasteiger charge is -2.10. The molecule has 1 fully saturated rings. The molecule has 1 aliphatic rings. The second kappa shape index (κ2) is 7.60. The first-order chi connectivity index (χ1) is 12.0. The fraction of sp³-hybridized carbons (Fsp3) is 0.353. The molecule has 2 aromatic rings. The van der Waals surface area contributed by atoms with Gasteiger partial charge in [0.05, 0.1) is 4.90 Å². The molecule has 0 spiro atoms. The van der Waals surface area contributed by atoms with Gasteiger partial charge in [-0.2, -0.15) is 0 Å². The number of amides is 1. The van der Waals surface area contributed by atoms with E-state index < -0.39 is 10.0 Å². The average molecular weight is 360 g/mol. The number of benzene rings is 1. The van der Waals surface area contributed by atoms with E-state index in [0.29, 0.717) is 18.0 Å². The highest BCUT2D eigenvalue weighted by molar-refractivity contribution is 7.92. The fourth-order valence-electron chi connectivity index (χ4n) is 2.94. The van der Waals surface area contributed by atoms with E-state index in [4.69, 9.17) is 0 Å². The number of sulfonamides is 1. The Balaban J connectivity index is 1.62. The molecule has 0 unspecified atom stereocenters. The van der Waals surface area contributed by atoms with Crippen LogP contribution in [0.3, 0.4) is 0 Å². The summed E-state index contributed by atoms with van der Waals surface area (Å²) in [5, 5.41) is 2.82. The van der Waals surface area contributed by atoms with Gasteiger partial charge in [-0.15, -0.1) is 0 Å². The van der Waals surface area contributed by atoms with Crippen molar-refractivity contribution in [3.63, 3.8) is 0 Å². The highest BCUT2D eigenvalue weighted by atomic mass is 32.2. The number of nitrogens with zero attached hydrogens (tertiary/aromatic N) is 2. The van der Waals surface area contributed by atoms with Crippen LogP contribution in [0.15, 0.2) is 47.6 Å². The van der Waals surface area contributed by atoms with Crippen molar-refractivity contribution in [2.24, 2.45) is 5.92 Å². The van der Waals surface area contributed by atoms with Crippen molar-refractivity contribution < 1.29 is 13.2 Å². The lowest BCUT2D eigenvalue weighted by Crippen LogP contribution is -2.16. The number of hydrogen-bond acceptors (Lipinski definition) is 5. The number of anilines is 2. The standard InChI is InChI=1S/C17H20N4O3S/c22-16(12-13-4-1-2-5-13)20-14-6-8-15(9-7-14)25(23,24)21-17-18-10-3-11-19-17/h3,6-11,13H,1-2,4-5,12H2,(H,20,22)(H,18,19,21). The SMILES string of the molecule is O=C(CC1CCCC1)Nc1ccc(S(=O)(=O)Nc2ncccn2)cc1. The molecular weight excluding hydrogens is 340 g/mol. The van der Waals surface area contributed by atoms with E-state index in [0.717, 1.165) is 12.8 Å². The van der Waals surface area contributed by atoms with Gasteiger partial charge in [0.2, 0.25) is 11.9 Å². The van der Waals surface area contributed by atoms with E-state index in [2.05, 4.69) is 20.0 Å². The fourth-order valence-corrected chi connectivity index (χ4v) is 3.90. The number of rotatable bonds is 6. The van der Waals surface area contributed by atoms with E-state index in [1.54, 1.807) is 18.2 Å². The first-order valence-electron chi connectivity index (χ1n) is 8.23. The quantitative estimate of drug-likeness (QED) is 0.825. The summed E-state index contributed by atoms with van der Waals surface area (Å²) >= 11 is 0. The molecule has 7 nitrogen and oxygen atoms in total.